The van der Waals surface area contributed by atoms with Crippen LogP contribution in [0.15, 0.2) is 87.4 Å². The van der Waals surface area contributed by atoms with E-state index >= 15 is 0 Å². The van der Waals surface area contributed by atoms with Crippen molar-refractivity contribution in [3.05, 3.63) is 115 Å². The molecule has 0 aliphatic heterocycles. The van der Waals surface area contributed by atoms with Gasteiger partial charge in [-0.1, -0.05) is 36.4 Å². The molecule has 36 heavy (non-hydrogen) atoms. The van der Waals surface area contributed by atoms with E-state index in [1.165, 1.54) is 41.7 Å². The molecule has 2 aromatic heterocycles. The third kappa shape index (κ3) is 8.04. The Morgan fingerprint density at radius 3 is 2.14 bits per heavy atom. The minimum atomic E-state index is -1.27. The average molecular weight is 511 g/mol. The quantitative estimate of drug-likeness (QED) is 0.148. The van der Waals surface area contributed by atoms with Crippen molar-refractivity contribution in [3.8, 4) is 0 Å². The topological polar surface area (TPSA) is 185 Å². The fraction of sp³-hybridized carbons (Fsp3) is 0. The smallest absolute Gasteiger partial charge is 0.351 e. The van der Waals surface area contributed by atoms with Gasteiger partial charge in [-0.05, 0) is 35.7 Å². The Hall–Kier alpha value is -5.10. The third-order valence-corrected chi connectivity index (χ3v) is 5.00. The molecule has 0 atom stereocenters. The minimum absolute atomic E-state index is 0.106. The summed E-state index contributed by atoms with van der Waals surface area (Å²) in [7, 11) is 0. The Kier molecular flexibility index (Phi) is 9.77. The van der Waals surface area contributed by atoms with E-state index in [9.17, 15) is 29.3 Å². The zero-order chi connectivity index (χ0) is 26.7. The van der Waals surface area contributed by atoms with Crippen molar-refractivity contribution in [3.63, 3.8) is 0 Å². The number of nitro benzene ring substituents is 1. The summed E-state index contributed by atoms with van der Waals surface area (Å²) in [6.45, 7) is 0. The standard InChI is InChI=1S/C10H6O4.C9H7NO4.C5H4O2S/c11-9(12)7-5-6-3-1-2-4-8(6)14-10(7)13;11-9(12)6-5-7-3-1-2-4-8(7)10(13)14;6-5(7)4-2-1-3-8-4/h1-5H,(H,11,12);1-6H,(H,11,12);1-3H,(H,6,7)/b;6-5+;. The van der Waals surface area contributed by atoms with Gasteiger partial charge < -0.3 is 19.7 Å². The Morgan fingerprint density at radius 1 is 0.917 bits per heavy atom. The molecule has 0 fully saturated rings. The number of aromatic carboxylic acids is 2. The highest BCUT2D eigenvalue weighted by atomic mass is 32.1. The molecule has 0 spiro atoms. The zero-order valence-electron chi connectivity index (χ0n) is 18.1. The van der Waals surface area contributed by atoms with Crippen LogP contribution in [-0.4, -0.2) is 38.2 Å². The van der Waals surface area contributed by atoms with Crippen molar-refractivity contribution >= 4 is 52.0 Å². The van der Waals surface area contributed by atoms with E-state index in [4.69, 9.17) is 19.7 Å². The van der Waals surface area contributed by atoms with E-state index in [0.29, 0.717) is 15.8 Å². The van der Waals surface area contributed by atoms with E-state index in [0.717, 1.165) is 6.08 Å². The first-order valence-corrected chi connectivity index (χ1v) is 10.7. The number of carbonyl (C=O) groups is 3. The van der Waals surface area contributed by atoms with Crippen molar-refractivity contribution in [1.82, 2.24) is 0 Å². The summed E-state index contributed by atoms with van der Waals surface area (Å²) in [5, 5.41) is 38.1. The predicted molar refractivity (Wildman–Crippen MR) is 130 cm³/mol. The Morgan fingerprint density at radius 2 is 1.58 bits per heavy atom. The van der Waals surface area contributed by atoms with Crippen molar-refractivity contribution in [2.24, 2.45) is 0 Å². The summed E-state index contributed by atoms with van der Waals surface area (Å²) in [5.41, 5.74) is -0.604. The predicted octanol–water partition coefficient (Wildman–Crippen LogP) is 4.63. The van der Waals surface area contributed by atoms with Crippen LogP contribution in [0.1, 0.15) is 25.6 Å². The Bertz CT molecular complexity index is 1470. The zero-order valence-corrected chi connectivity index (χ0v) is 19.0. The number of nitrogens with zero attached hydrogens (tertiary/aromatic N) is 1. The number of para-hydroxylation sites is 2. The lowest BCUT2D eigenvalue weighted by Crippen LogP contribution is -2.12. The van der Waals surface area contributed by atoms with Crippen LogP contribution >= 0.6 is 11.3 Å². The van der Waals surface area contributed by atoms with Gasteiger partial charge >= 0.3 is 23.5 Å². The molecule has 0 aliphatic rings. The lowest BCUT2D eigenvalue weighted by atomic mass is 10.1. The van der Waals surface area contributed by atoms with Crippen molar-refractivity contribution in [2.45, 2.75) is 0 Å². The van der Waals surface area contributed by atoms with Crippen LogP contribution in [0.2, 0.25) is 0 Å². The van der Waals surface area contributed by atoms with Gasteiger partial charge in [-0.3, -0.25) is 10.1 Å². The van der Waals surface area contributed by atoms with Gasteiger partial charge in [-0.2, -0.15) is 0 Å². The molecule has 184 valence electrons. The lowest BCUT2D eigenvalue weighted by molar-refractivity contribution is -0.385. The number of thiophene rings is 1. The van der Waals surface area contributed by atoms with Gasteiger partial charge in [0.25, 0.3) is 5.69 Å². The van der Waals surface area contributed by atoms with Gasteiger partial charge in [0.1, 0.15) is 16.0 Å². The molecule has 11 nitrogen and oxygen atoms in total. The highest BCUT2D eigenvalue weighted by Crippen LogP contribution is 2.18. The Balaban J connectivity index is 0.000000198. The molecular weight excluding hydrogens is 494 g/mol. The van der Waals surface area contributed by atoms with Gasteiger partial charge in [-0.25, -0.2) is 19.2 Å². The van der Waals surface area contributed by atoms with Gasteiger partial charge in [0.2, 0.25) is 0 Å². The molecule has 0 saturated heterocycles. The summed E-state index contributed by atoms with van der Waals surface area (Å²) in [6, 6.07) is 17.3. The van der Waals surface area contributed by atoms with Gasteiger partial charge in [-0.15, -0.1) is 11.3 Å². The number of hydrogen-bond acceptors (Lipinski definition) is 8. The first-order valence-electron chi connectivity index (χ1n) is 9.77. The van der Waals surface area contributed by atoms with Gasteiger partial charge in [0.15, 0.2) is 0 Å². The molecule has 0 radical (unpaired) electrons. The van der Waals surface area contributed by atoms with Crippen LogP contribution in [0.3, 0.4) is 0 Å². The normalized spacial score (nSPS) is 10.0. The number of hydrogen-bond donors (Lipinski definition) is 3. The van der Waals surface area contributed by atoms with Crippen LogP contribution < -0.4 is 5.63 Å². The maximum atomic E-state index is 11.1. The molecule has 12 heteroatoms. The van der Waals surface area contributed by atoms with Crippen molar-refractivity contribution in [1.29, 1.82) is 0 Å². The van der Waals surface area contributed by atoms with Crippen molar-refractivity contribution in [2.75, 3.05) is 0 Å². The van der Waals surface area contributed by atoms with Crippen LogP contribution in [-0.2, 0) is 4.79 Å². The van der Waals surface area contributed by atoms with E-state index in [1.807, 2.05) is 0 Å². The van der Waals surface area contributed by atoms with E-state index in [1.54, 1.807) is 47.8 Å². The minimum Gasteiger partial charge on any atom is -0.478 e. The second-order valence-corrected chi connectivity index (χ2v) is 7.51. The number of carboxylic acid groups (broad SMARTS) is 3. The lowest BCUT2D eigenvalue weighted by Gasteiger charge is -1.96. The summed E-state index contributed by atoms with van der Waals surface area (Å²) in [5.74, 6) is -3.26. The fourth-order valence-corrected chi connectivity index (χ4v) is 3.13. The molecule has 0 bridgehead atoms. The van der Waals surface area contributed by atoms with Gasteiger partial charge in [0.05, 0.1) is 10.5 Å². The monoisotopic (exact) mass is 511 g/mol. The second-order valence-electron chi connectivity index (χ2n) is 6.56. The second kappa shape index (κ2) is 13.0. The molecule has 0 aliphatic carbocycles. The molecule has 0 amide bonds. The number of carboxylic acids is 3. The third-order valence-electron chi connectivity index (χ3n) is 4.14. The highest BCUT2D eigenvalue weighted by Gasteiger charge is 2.11. The first-order chi connectivity index (χ1) is 17.1. The molecule has 3 N–H and O–H groups in total. The fourth-order valence-electron chi connectivity index (χ4n) is 2.57. The molecule has 2 heterocycles. The number of rotatable bonds is 5. The number of benzene rings is 2. The van der Waals surface area contributed by atoms with Crippen LogP contribution in [0.25, 0.3) is 17.0 Å². The first kappa shape index (κ1) is 27.1. The summed E-state index contributed by atoms with van der Waals surface area (Å²) in [4.78, 5) is 52.3. The SMILES string of the molecule is O=C(O)/C=C/c1ccccc1[N+](=O)[O-].O=C(O)c1cc2ccccc2oc1=O.O=C(O)c1cccs1. The van der Waals surface area contributed by atoms with Gasteiger partial charge in [0, 0.05) is 17.5 Å². The number of fused-ring (bicyclic) bond motifs is 1. The van der Waals surface area contributed by atoms with E-state index < -0.39 is 28.5 Å². The number of nitro groups is 1. The maximum Gasteiger partial charge on any atom is 0.351 e. The van der Waals surface area contributed by atoms with E-state index in [-0.39, 0.29) is 16.8 Å². The molecule has 2 aromatic carbocycles. The van der Waals surface area contributed by atoms with Crippen LogP contribution in [0.4, 0.5) is 5.69 Å². The number of aliphatic carboxylic acids is 1. The summed E-state index contributed by atoms with van der Waals surface area (Å²) in [6.07, 6.45) is 2.06. The van der Waals surface area contributed by atoms with Crippen LogP contribution in [0, 0.1) is 10.1 Å². The molecule has 0 unspecified atom stereocenters. The molecular formula is C24H17NO10S. The maximum absolute atomic E-state index is 11.1. The largest absolute Gasteiger partial charge is 0.478 e. The molecule has 4 aromatic rings. The summed E-state index contributed by atoms with van der Waals surface area (Å²) >= 11 is 1.23. The van der Waals surface area contributed by atoms with Crippen LogP contribution in [0.5, 0.6) is 0 Å². The molecule has 4 rings (SSSR count). The average Bonchev–Trinajstić information content (AvgIpc) is 3.39. The highest BCUT2D eigenvalue weighted by molar-refractivity contribution is 7.11. The van der Waals surface area contributed by atoms with Crippen molar-refractivity contribution < 1.29 is 39.0 Å². The summed E-state index contributed by atoms with van der Waals surface area (Å²) < 4.78 is 4.82. The Labute approximate surface area is 206 Å². The van der Waals surface area contributed by atoms with E-state index in [2.05, 4.69) is 0 Å². The molecule has 0 saturated carbocycles.